The molecule has 0 unspecified atom stereocenters. The monoisotopic (exact) mass is 458 g/mol. The lowest BCUT2D eigenvalue weighted by Gasteiger charge is -2.19. The lowest BCUT2D eigenvalue weighted by Crippen LogP contribution is -2.15. The van der Waals surface area contributed by atoms with E-state index in [4.69, 9.17) is 23.4 Å². The van der Waals surface area contributed by atoms with Gasteiger partial charge in [0, 0.05) is 6.07 Å². The van der Waals surface area contributed by atoms with Crippen LogP contribution in [-0.4, -0.2) is 20.3 Å². The van der Waals surface area contributed by atoms with Gasteiger partial charge in [-0.05, 0) is 60.4 Å². The summed E-state index contributed by atoms with van der Waals surface area (Å²) in [5, 5.41) is 0.532. The first-order chi connectivity index (χ1) is 16.6. The molecule has 0 saturated carbocycles. The Morgan fingerprint density at radius 1 is 0.941 bits per heavy atom. The van der Waals surface area contributed by atoms with Crippen LogP contribution in [0.2, 0.25) is 0 Å². The zero-order valence-electron chi connectivity index (χ0n) is 19.5. The number of fused-ring (bicyclic) bond motifs is 2. The van der Waals surface area contributed by atoms with Crippen molar-refractivity contribution in [3.05, 3.63) is 81.7 Å². The number of rotatable bonds is 6. The first-order valence-electron chi connectivity index (χ1n) is 11.3. The smallest absolute Gasteiger partial charge is 0.200 e. The number of aryl methyl sites for hydroxylation is 2. The van der Waals surface area contributed by atoms with Gasteiger partial charge in [0.2, 0.25) is 5.43 Å². The van der Waals surface area contributed by atoms with Crippen LogP contribution in [0.25, 0.3) is 22.1 Å². The van der Waals surface area contributed by atoms with Crippen LogP contribution in [0.4, 0.5) is 0 Å². The second-order valence-corrected chi connectivity index (χ2v) is 8.17. The Bertz CT molecular complexity index is 1400. The van der Waals surface area contributed by atoms with Gasteiger partial charge in [-0.1, -0.05) is 25.1 Å². The van der Waals surface area contributed by atoms with Crippen molar-refractivity contribution < 1.29 is 23.4 Å². The molecule has 174 valence electrons. The molecular weight excluding hydrogens is 432 g/mol. The Kier molecular flexibility index (Phi) is 5.88. The van der Waals surface area contributed by atoms with E-state index in [2.05, 4.69) is 0 Å². The quantitative estimate of drug-likeness (QED) is 0.370. The summed E-state index contributed by atoms with van der Waals surface area (Å²) >= 11 is 0. The van der Waals surface area contributed by atoms with Crippen LogP contribution in [0.1, 0.15) is 23.8 Å². The maximum atomic E-state index is 13.6. The van der Waals surface area contributed by atoms with E-state index in [1.165, 1.54) is 0 Å². The highest BCUT2D eigenvalue weighted by atomic mass is 16.6. The molecule has 0 radical (unpaired) electrons. The molecule has 2 heterocycles. The lowest BCUT2D eigenvalue weighted by atomic mass is 10.00. The summed E-state index contributed by atoms with van der Waals surface area (Å²) in [5.41, 5.74) is 3.67. The highest BCUT2D eigenvalue weighted by molar-refractivity contribution is 5.85. The predicted molar refractivity (Wildman–Crippen MR) is 130 cm³/mol. The minimum atomic E-state index is -0.0770. The molecule has 6 nitrogen and oxygen atoms in total. The van der Waals surface area contributed by atoms with Crippen LogP contribution >= 0.6 is 0 Å². The molecule has 34 heavy (non-hydrogen) atoms. The van der Waals surface area contributed by atoms with Crippen molar-refractivity contribution in [2.24, 2.45) is 0 Å². The number of methoxy groups -OCH3 is 1. The van der Waals surface area contributed by atoms with Gasteiger partial charge in [-0.2, -0.15) is 0 Å². The van der Waals surface area contributed by atoms with E-state index in [1.54, 1.807) is 14.0 Å². The van der Waals surface area contributed by atoms with Gasteiger partial charge >= 0.3 is 0 Å². The molecule has 0 atom stereocenters. The molecule has 4 aromatic rings. The van der Waals surface area contributed by atoms with E-state index in [1.807, 2.05) is 61.5 Å². The van der Waals surface area contributed by atoms with Gasteiger partial charge in [0.15, 0.2) is 11.5 Å². The van der Waals surface area contributed by atoms with Gasteiger partial charge in [-0.15, -0.1) is 0 Å². The SMILES string of the molecule is CCc1cc2c(=O)c(-c3ccc4c(c3)OCCO4)c(C)oc2cc1OCc1ccc(OC)cc1. The molecule has 1 aliphatic rings. The van der Waals surface area contributed by atoms with Gasteiger partial charge in [0.25, 0.3) is 0 Å². The van der Waals surface area contributed by atoms with Crippen molar-refractivity contribution in [1.29, 1.82) is 0 Å². The van der Waals surface area contributed by atoms with Crippen molar-refractivity contribution in [2.75, 3.05) is 20.3 Å². The van der Waals surface area contributed by atoms with E-state index in [9.17, 15) is 4.79 Å². The number of hydrogen-bond donors (Lipinski definition) is 0. The summed E-state index contributed by atoms with van der Waals surface area (Å²) in [6.45, 7) is 5.26. The zero-order valence-corrected chi connectivity index (χ0v) is 19.5. The van der Waals surface area contributed by atoms with Crippen LogP contribution in [0.3, 0.4) is 0 Å². The summed E-state index contributed by atoms with van der Waals surface area (Å²) in [6.07, 6.45) is 0.723. The summed E-state index contributed by atoms with van der Waals surface area (Å²) in [5.74, 6) is 3.37. The van der Waals surface area contributed by atoms with Gasteiger partial charge in [0.1, 0.15) is 42.7 Å². The normalized spacial score (nSPS) is 12.6. The molecule has 0 bridgehead atoms. The minimum Gasteiger partial charge on any atom is -0.497 e. The van der Waals surface area contributed by atoms with Crippen LogP contribution in [0, 0.1) is 6.92 Å². The molecule has 0 aliphatic carbocycles. The Labute approximate surface area is 197 Å². The predicted octanol–water partition coefficient (Wildman–Crippen LogP) is 5.69. The summed E-state index contributed by atoms with van der Waals surface area (Å²) in [4.78, 5) is 13.6. The molecule has 1 aliphatic heterocycles. The van der Waals surface area contributed by atoms with Crippen molar-refractivity contribution in [3.63, 3.8) is 0 Å². The maximum Gasteiger partial charge on any atom is 0.200 e. The Hall–Kier alpha value is -3.93. The fourth-order valence-electron chi connectivity index (χ4n) is 4.21. The van der Waals surface area contributed by atoms with Crippen LogP contribution in [0.5, 0.6) is 23.0 Å². The average molecular weight is 459 g/mol. The van der Waals surface area contributed by atoms with Gasteiger partial charge in [-0.25, -0.2) is 0 Å². The molecule has 0 amide bonds. The summed E-state index contributed by atoms with van der Waals surface area (Å²) < 4.78 is 28.8. The molecule has 0 spiro atoms. The van der Waals surface area contributed by atoms with E-state index in [-0.39, 0.29) is 5.43 Å². The van der Waals surface area contributed by atoms with Crippen molar-refractivity contribution in [2.45, 2.75) is 26.9 Å². The Morgan fingerprint density at radius 3 is 2.44 bits per heavy atom. The standard InChI is InChI=1S/C28H26O6/c1-4-19-13-22-25(15-24(19)33-16-18-5-8-21(30-3)9-6-18)34-17(2)27(28(22)29)20-7-10-23-26(14-20)32-12-11-31-23/h5-10,13-15H,4,11-12,16H2,1-3H3. The van der Waals surface area contributed by atoms with Gasteiger partial charge < -0.3 is 23.4 Å². The molecule has 6 heteroatoms. The van der Waals surface area contributed by atoms with Crippen LogP contribution in [-0.2, 0) is 13.0 Å². The number of benzene rings is 3. The Morgan fingerprint density at radius 2 is 1.71 bits per heavy atom. The second kappa shape index (κ2) is 9.14. The lowest BCUT2D eigenvalue weighted by molar-refractivity contribution is 0.171. The molecule has 0 saturated heterocycles. The second-order valence-electron chi connectivity index (χ2n) is 8.17. The molecule has 1 aromatic heterocycles. The highest BCUT2D eigenvalue weighted by Crippen LogP contribution is 2.36. The van der Waals surface area contributed by atoms with Crippen molar-refractivity contribution in [1.82, 2.24) is 0 Å². The summed E-state index contributed by atoms with van der Waals surface area (Å²) in [6, 6.07) is 17.0. The third-order valence-electron chi connectivity index (χ3n) is 6.01. The maximum absolute atomic E-state index is 13.6. The number of ether oxygens (including phenoxy) is 4. The minimum absolute atomic E-state index is 0.0770. The molecule has 5 rings (SSSR count). The fourth-order valence-corrected chi connectivity index (χ4v) is 4.21. The molecule has 3 aromatic carbocycles. The molecule has 0 N–H and O–H groups in total. The molecule has 0 fully saturated rings. The van der Waals surface area contributed by atoms with E-state index < -0.39 is 0 Å². The molecular formula is C28H26O6. The first kappa shape index (κ1) is 21.9. The van der Waals surface area contributed by atoms with Crippen LogP contribution < -0.4 is 24.4 Å². The Balaban J connectivity index is 1.51. The fraction of sp³-hybridized carbons (Fsp3) is 0.250. The average Bonchev–Trinajstić information content (AvgIpc) is 2.87. The number of hydrogen-bond acceptors (Lipinski definition) is 6. The first-order valence-corrected chi connectivity index (χ1v) is 11.3. The largest absolute Gasteiger partial charge is 0.497 e. The topological polar surface area (TPSA) is 67.1 Å². The van der Waals surface area contributed by atoms with Crippen molar-refractivity contribution in [3.8, 4) is 34.1 Å². The van der Waals surface area contributed by atoms with E-state index in [0.29, 0.717) is 59.4 Å². The summed E-state index contributed by atoms with van der Waals surface area (Å²) in [7, 11) is 1.64. The zero-order chi connectivity index (χ0) is 23.7. The van der Waals surface area contributed by atoms with E-state index >= 15 is 0 Å². The van der Waals surface area contributed by atoms with Gasteiger partial charge in [0.05, 0.1) is 18.1 Å². The van der Waals surface area contributed by atoms with Crippen molar-refractivity contribution >= 4 is 11.0 Å². The highest BCUT2D eigenvalue weighted by Gasteiger charge is 2.19. The third-order valence-corrected chi connectivity index (χ3v) is 6.01. The van der Waals surface area contributed by atoms with Crippen LogP contribution in [0.15, 0.2) is 63.8 Å². The van der Waals surface area contributed by atoms with E-state index in [0.717, 1.165) is 28.9 Å². The third kappa shape index (κ3) is 4.07. The van der Waals surface area contributed by atoms with Gasteiger partial charge in [-0.3, -0.25) is 4.79 Å².